The number of fused-ring (bicyclic) bond motifs is 1. The van der Waals surface area contributed by atoms with Crippen LogP contribution >= 0.6 is 0 Å². The quantitative estimate of drug-likeness (QED) is 0.629. The molecule has 0 spiro atoms. The topological polar surface area (TPSA) is 118 Å². The molecule has 10 nitrogen and oxygen atoms in total. The summed E-state index contributed by atoms with van der Waals surface area (Å²) in [5.74, 6) is 0.0232. The molecule has 1 aromatic rings. The molecule has 1 aromatic carbocycles. The average molecular weight is 406 g/mol. The first-order valence-corrected chi connectivity index (χ1v) is 9.43. The lowest BCUT2D eigenvalue weighted by atomic mass is 9.85. The zero-order chi connectivity index (χ0) is 21.1. The molecule has 3 N–H and O–H groups in total. The largest absolute Gasteiger partial charge is 0.493 e. The van der Waals surface area contributed by atoms with Crippen LogP contribution in [-0.4, -0.2) is 56.9 Å². The lowest BCUT2D eigenvalue weighted by Gasteiger charge is -2.46. The Kier molecular flexibility index (Phi) is 6.00. The van der Waals surface area contributed by atoms with E-state index in [0.717, 1.165) is 12.8 Å². The fraction of sp³-hybridized carbons (Fsp3) is 0.526. The number of nitrogens with one attached hydrogen (secondary N) is 3. The Morgan fingerprint density at radius 1 is 1.00 bits per heavy atom. The first-order valence-electron chi connectivity index (χ1n) is 9.43. The van der Waals surface area contributed by atoms with E-state index in [1.807, 2.05) is 6.92 Å². The van der Waals surface area contributed by atoms with Crippen molar-refractivity contribution in [3.05, 3.63) is 17.7 Å². The predicted molar refractivity (Wildman–Crippen MR) is 103 cm³/mol. The van der Waals surface area contributed by atoms with Gasteiger partial charge in [-0.25, -0.2) is 9.59 Å². The molecule has 10 heteroatoms. The smallest absolute Gasteiger partial charge is 0.325 e. The van der Waals surface area contributed by atoms with Crippen molar-refractivity contribution in [3.8, 4) is 17.2 Å². The molecule has 3 unspecified atom stereocenters. The Bertz CT molecular complexity index is 789. The molecule has 2 aliphatic heterocycles. The predicted octanol–water partition coefficient (Wildman–Crippen LogP) is 1.36. The van der Waals surface area contributed by atoms with Gasteiger partial charge in [-0.3, -0.25) is 10.1 Å². The Labute approximate surface area is 168 Å². The van der Waals surface area contributed by atoms with Gasteiger partial charge in [0.25, 0.3) is 0 Å². The number of benzene rings is 1. The second-order valence-electron chi connectivity index (χ2n) is 6.87. The van der Waals surface area contributed by atoms with Crippen molar-refractivity contribution in [2.24, 2.45) is 5.92 Å². The molecule has 0 bridgehead atoms. The molecule has 5 amide bonds. The normalized spacial score (nSPS) is 23.5. The van der Waals surface area contributed by atoms with Gasteiger partial charge < -0.3 is 29.7 Å². The number of carbonyl (C=O) groups excluding carboxylic acids is 3. The van der Waals surface area contributed by atoms with Crippen molar-refractivity contribution >= 4 is 18.0 Å². The monoisotopic (exact) mass is 406 g/mol. The molecule has 0 aromatic heterocycles. The summed E-state index contributed by atoms with van der Waals surface area (Å²) in [5.41, 5.74) is 0.601. The lowest BCUT2D eigenvalue weighted by molar-refractivity contribution is -0.130. The van der Waals surface area contributed by atoms with Crippen molar-refractivity contribution in [1.82, 2.24) is 20.9 Å². The van der Waals surface area contributed by atoms with Gasteiger partial charge in [-0.1, -0.05) is 13.3 Å². The molecule has 3 atom stereocenters. The molecular formula is C19H26N4O6. The van der Waals surface area contributed by atoms with Gasteiger partial charge in [0, 0.05) is 6.54 Å². The van der Waals surface area contributed by atoms with E-state index in [9.17, 15) is 14.4 Å². The van der Waals surface area contributed by atoms with Gasteiger partial charge in [0.1, 0.15) is 12.1 Å². The number of rotatable bonds is 7. The third-order valence-corrected chi connectivity index (χ3v) is 5.19. The minimum absolute atomic E-state index is 0.404. The van der Waals surface area contributed by atoms with E-state index < -0.39 is 36.1 Å². The van der Waals surface area contributed by atoms with E-state index in [1.165, 1.54) is 26.2 Å². The minimum Gasteiger partial charge on any atom is -0.493 e. The van der Waals surface area contributed by atoms with Crippen LogP contribution in [0.5, 0.6) is 17.2 Å². The highest BCUT2D eigenvalue weighted by atomic mass is 16.5. The van der Waals surface area contributed by atoms with Gasteiger partial charge in [0.2, 0.25) is 11.7 Å². The summed E-state index contributed by atoms with van der Waals surface area (Å²) in [4.78, 5) is 39.0. The van der Waals surface area contributed by atoms with Gasteiger partial charge in [-0.15, -0.1) is 0 Å². The van der Waals surface area contributed by atoms with E-state index in [2.05, 4.69) is 16.0 Å². The van der Waals surface area contributed by atoms with Crippen LogP contribution in [0.25, 0.3) is 0 Å². The Morgan fingerprint density at radius 2 is 1.66 bits per heavy atom. The summed E-state index contributed by atoms with van der Waals surface area (Å²) in [6.07, 6.45) is 0.876. The van der Waals surface area contributed by atoms with Crippen molar-refractivity contribution < 1.29 is 28.6 Å². The summed E-state index contributed by atoms with van der Waals surface area (Å²) in [7, 11) is 4.47. The van der Waals surface area contributed by atoms with E-state index in [1.54, 1.807) is 12.1 Å². The minimum atomic E-state index is -0.749. The van der Waals surface area contributed by atoms with Crippen LogP contribution < -0.4 is 30.2 Å². The molecule has 0 saturated carbocycles. The fourth-order valence-corrected chi connectivity index (χ4v) is 3.77. The third-order valence-electron chi connectivity index (χ3n) is 5.19. The van der Waals surface area contributed by atoms with Gasteiger partial charge in [-0.2, -0.15) is 0 Å². The Hall–Kier alpha value is -3.17. The van der Waals surface area contributed by atoms with Crippen LogP contribution in [-0.2, 0) is 4.79 Å². The lowest BCUT2D eigenvalue weighted by Crippen LogP contribution is -2.72. The van der Waals surface area contributed by atoms with E-state index in [4.69, 9.17) is 14.2 Å². The molecule has 29 heavy (non-hydrogen) atoms. The first-order chi connectivity index (χ1) is 13.9. The van der Waals surface area contributed by atoms with Crippen molar-refractivity contribution in [3.63, 3.8) is 0 Å². The Balaban J connectivity index is 2.04. The number of hydrogen-bond donors (Lipinski definition) is 3. The highest BCUT2D eigenvalue weighted by Gasteiger charge is 2.50. The fourth-order valence-electron chi connectivity index (χ4n) is 3.77. The van der Waals surface area contributed by atoms with E-state index in [-0.39, 0.29) is 0 Å². The van der Waals surface area contributed by atoms with Crippen LogP contribution in [0.4, 0.5) is 9.59 Å². The zero-order valence-corrected chi connectivity index (χ0v) is 16.9. The number of amides is 5. The second-order valence-corrected chi connectivity index (χ2v) is 6.87. The summed E-state index contributed by atoms with van der Waals surface area (Å²) in [6, 6.07) is 1.72. The maximum atomic E-state index is 12.7. The summed E-state index contributed by atoms with van der Waals surface area (Å²) < 4.78 is 16.1. The van der Waals surface area contributed by atoms with Crippen molar-refractivity contribution in [2.75, 3.05) is 27.9 Å². The number of ether oxygens (including phenoxy) is 3. The number of hydrogen-bond acceptors (Lipinski definition) is 6. The molecule has 2 saturated heterocycles. The zero-order valence-electron chi connectivity index (χ0n) is 16.9. The molecular weight excluding hydrogens is 380 g/mol. The van der Waals surface area contributed by atoms with Crippen molar-refractivity contribution in [2.45, 2.75) is 32.0 Å². The number of imide groups is 1. The molecule has 158 valence electrons. The summed E-state index contributed by atoms with van der Waals surface area (Å²) in [5, 5.41) is 7.92. The number of carbonyl (C=O) groups is 3. The first kappa shape index (κ1) is 20.6. The third kappa shape index (κ3) is 3.74. The average Bonchev–Trinajstić information content (AvgIpc) is 2.71. The second kappa shape index (κ2) is 8.46. The summed E-state index contributed by atoms with van der Waals surface area (Å²) in [6.45, 7) is 2.43. The molecule has 0 radical (unpaired) electrons. The van der Waals surface area contributed by atoms with Crippen molar-refractivity contribution in [1.29, 1.82) is 0 Å². The molecule has 2 heterocycles. The highest BCUT2D eigenvalue weighted by Crippen LogP contribution is 2.42. The number of urea groups is 2. The van der Waals surface area contributed by atoms with E-state index >= 15 is 0 Å². The van der Waals surface area contributed by atoms with Gasteiger partial charge in [-0.05, 0) is 24.1 Å². The maximum absolute atomic E-state index is 12.7. The number of nitrogens with zero attached hydrogens (tertiary/aromatic N) is 1. The van der Waals surface area contributed by atoms with Crippen LogP contribution in [0.15, 0.2) is 12.1 Å². The van der Waals surface area contributed by atoms with Crippen LogP contribution in [0.3, 0.4) is 0 Å². The van der Waals surface area contributed by atoms with Crippen LogP contribution in [0.1, 0.15) is 31.4 Å². The molecule has 2 fully saturated rings. The van der Waals surface area contributed by atoms with Crippen LogP contribution in [0, 0.1) is 5.92 Å². The Morgan fingerprint density at radius 3 is 2.21 bits per heavy atom. The molecule has 2 aliphatic rings. The number of methoxy groups -OCH3 is 3. The van der Waals surface area contributed by atoms with Crippen LogP contribution in [0.2, 0.25) is 0 Å². The maximum Gasteiger partial charge on any atom is 0.325 e. The summed E-state index contributed by atoms with van der Waals surface area (Å²) >= 11 is 0. The van der Waals surface area contributed by atoms with Gasteiger partial charge in [0.15, 0.2) is 11.5 Å². The van der Waals surface area contributed by atoms with Gasteiger partial charge in [0.05, 0.1) is 27.4 Å². The standard InChI is InChI=1S/C19H26N4O6/c1-5-6-7-23-16-13(17(24)22-19(23)26)14(20-18(25)21-16)10-8-11(27-2)15(29-4)12(9-10)28-3/h8-9,13-14,16H,5-7H2,1-4H3,(H2,20,21,25)(H,22,24,26). The highest BCUT2D eigenvalue weighted by molar-refractivity contribution is 6.00. The van der Waals surface area contributed by atoms with E-state index in [0.29, 0.717) is 29.4 Å². The molecule has 3 rings (SSSR count). The molecule has 0 aliphatic carbocycles. The van der Waals surface area contributed by atoms with Gasteiger partial charge >= 0.3 is 12.1 Å². The number of unbranched alkanes of at least 4 members (excludes halogenated alkanes) is 1. The SMILES string of the molecule is CCCCN1C(=O)NC(=O)C2C(c3cc(OC)c(OC)c(OC)c3)NC(=O)NC21.